The lowest BCUT2D eigenvalue weighted by Crippen LogP contribution is -2.30. The SMILES string of the molecule is CC/C=C\C/C=C\C/C=C\C/C=C\C/C=C\CC(=O)OCC(COP(=O)(O)OCC(CO)OC(=O)CCCCCCCCC/C=C\C/C=C\C/C=C\CC)OC(=O)CCCCCCCC/C=C\C/C=C\C/C=C\C/C=C\CC. The van der Waals surface area contributed by atoms with Crippen molar-refractivity contribution in [3.05, 3.63) is 146 Å². The van der Waals surface area contributed by atoms with Crippen LogP contribution in [0.15, 0.2) is 146 Å². The van der Waals surface area contributed by atoms with Gasteiger partial charge in [-0.3, -0.25) is 23.4 Å². The Morgan fingerprint density at radius 3 is 1.03 bits per heavy atom. The number of carbonyl (C=O) groups excluding carboxylic acids is 3. The Morgan fingerprint density at radius 1 is 0.372 bits per heavy atom. The van der Waals surface area contributed by atoms with Crippen molar-refractivity contribution in [2.75, 3.05) is 26.4 Å². The molecule has 0 aliphatic heterocycles. The highest BCUT2D eigenvalue weighted by Gasteiger charge is 2.28. The van der Waals surface area contributed by atoms with Crippen LogP contribution in [-0.2, 0) is 42.2 Å². The second-order valence-corrected chi connectivity index (χ2v) is 20.5. The summed E-state index contributed by atoms with van der Waals surface area (Å²) in [5.74, 6) is -1.66. The van der Waals surface area contributed by atoms with E-state index in [2.05, 4.69) is 148 Å². The predicted octanol–water partition coefficient (Wildman–Crippen LogP) is 17.9. The molecule has 78 heavy (non-hydrogen) atoms. The second-order valence-electron chi connectivity index (χ2n) is 19.0. The van der Waals surface area contributed by atoms with Crippen molar-refractivity contribution in [2.24, 2.45) is 0 Å². The maximum absolute atomic E-state index is 12.9. The van der Waals surface area contributed by atoms with E-state index in [1.54, 1.807) is 6.08 Å². The number of rotatable bonds is 53. The van der Waals surface area contributed by atoms with Gasteiger partial charge in [-0.2, -0.15) is 0 Å². The molecule has 0 saturated heterocycles. The van der Waals surface area contributed by atoms with Crippen LogP contribution in [0.3, 0.4) is 0 Å². The molecule has 0 aromatic carbocycles. The van der Waals surface area contributed by atoms with Gasteiger partial charge in [0, 0.05) is 12.8 Å². The first-order chi connectivity index (χ1) is 38.2. The molecular formula is C66H105O11P. The van der Waals surface area contributed by atoms with E-state index in [0.29, 0.717) is 19.3 Å². The number of esters is 3. The molecule has 3 unspecified atom stereocenters. The Hall–Kier alpha value is -4.64. The third kappa shape index (κ3) is 56.1. The van der Waals surface area contributed by atoms with Gasteiger partial charge in [0.05, 0.1) is 26.2 Å². The highest BCUT2D eigenvalue weighted by Crippen LogP contribution is 2.43. The van der Waals surface area contributed by atoms with Crippen molar-refractivity contribution >= 4 is 25.7 Å². The molecule has 0 spiro atoms. The number of aliphatic hydroxyl groups is 1. The van der Waals surface area contributed by atoms with Crippen LogP contribution in [0.25, 0.3) is 0 Å². The van der Waals surface area contributed by atoms with Crippen LogP contribution in [-0.4, -0.2) is 66.5 Å². The van der Waals surface area contributed by atoms with E-state index in [1.807, 2.05) is 12.2 Å². The fourth-order valence-corrected chi connectivity index (χ4v) is 8.16. The average molecular weight is 1110 g/mol. The lowest BCUT2D eigenvalue weighted by Gasteiger charge is -2.21. The molecule has 0 aromatic heterocycles. The standard InChI is InChI=1S/C66H105O11P/c1-4-7-10-13-16-19-22-25-28-30-31-33-36-39-42-45-48-51-54-57-66(70)77-63(59-73-64(68)55-52-49-46-43-40-37-34-27-24-21-18-15-12-9-6-3)61-75-78(71,72)74-60-62(58-67)76-65(69)56-53-50-47-44-41-38-35-32-29-26-23-20-17-14-11-8-5-2/h7-12,16-21,25-29,31,33-34,40,43,49,52,62-63,67H,4-6,13-15,22-24,30,32,35-39,41-42,44-48,50-51,53-61H2,1-3H3,(H,71,72)/b10-7-,11-8-,12-9-,19-16-,20-17-,21-18-,28-25-,29-26-,33-31-,34-27-,43-40-,52-49-. The van der Waals surface area contributed by atoms with Crippen molar-refractivity contribution in [1.82, 2.24) is 0 Å². The number of hydrogen-bond donors (Lipinski definition) is 2. The molecular weight excluding hydrogens is 1000 g/mol. The van der Waals surface area contributed by atoms with E-state index in [-0.39, 0.29) is 19.3 Å². The number of aliphatic hydroxyl groups excluding tert-OH is 1. The molecule has 0 aliphatic rings. The molecule has 0 heterocycles. The highest BCUT2D eigenvalue weighted by atomic mass is 31.2. The molecule has 0 aromatic rings. The topological polar surface area (TPSA) is 155 Å². The number of phosphoric acid groups is 1. The summed E-state index contributed by atoms with van der Waals surface area (Å²) in [4.78, 5) is 48.6. The third-order valence-corrected chi connectivity index (χ3v) is 12.7. The Morgan fingerprint density at radius 2 is 0.667 bits per heavy atom. The van der Waals surface area contributed by atoms with Crippen molar-refractivity contribution in [2.45, 2.75) is 226 Å². The third-order valence-electron chi connectivity index (χ3n) is 11.8. The summed E-state index contributed by atoms with van der Waals surface area (Å²) >= 11 is 0. The van der Waals surface area contributed by atoms with Gasteiger partial charge in [0.25, 0.3) is 0 Å². The fourth-order valence-electron chi connectivity index (χ4n) is 7.37. The zero-order valence-electron chi connectivity index (χ0n) is 48.6. The van der Waals surface area contributed by atoms with Crippen LogP contribution in [0.2, 0.25) is 0 Å². The number of phosphoric ester groups is 1. The smallest absolute Gasteiger partial charge is 0.461 e. The van der Waals surface area contributed by atoms with Crippen LogP contribution < -0.4 is 0 Å². The molecule has 11 nitrogen and oxygen atoms in total. The van der Waals surface area contributed by atoms with Crippen LogP contribution >= 0.6 is 7.82 Å². The molecule has 0 aliphatic carbocycles. The van der Waals surface area contributed by atoms with Gasteiger partial charge < -0.3 is 24.2 Å². The van der Waals surface area contributed by atoms with E-state index in [9.17, 15) is 28.9 Å². The van der Waals surface area contributed by atoms with Gasteiger partial charge in [-0.15, -0.1) is 0 Å². The number of carbonyl (C=O) groups is 3. The number of unbranched alkanes of at least 4 members (excludes halogenated alkanes) is 13. The molecule has 12 heteroatoms. The first-order valence-electron chi connectivity index (χ1n) is 29.7. The quantitative estimate of drug-likeness (QED) is 0.0197. The minimum absolute atomic E-state index is 0.0174. The van der Waals surface area contributed by atoms with E-state index >= 15 is 0 Å². The van der Waals surface area contributed by atoms with Crippen LogP contribution in [0, 0.1) is 0 Å². The van der Waals surface area contributed by atoms with Crippen LogP contribution in [0.4, 0.5) is 0 Å². The molecule has 0 saturated carbocycles. The molecule has 0 rings (SSSR count). The average Bonchev–Trinajstić information content (AvgIpc) is 3.43. The predicted molar refractivity (Wildman–Crippen MR) is 325 cm³/mol. The molecule has 2 N–H and O–H groups in total. The summed E-state index contributed by atoms with van der Waals surface area (Å²) in [6.07, 6.45) is 75.4. The molecule has 0 amide bonds. The van der Waals surface area contributed by atoms with E-state index in [4.69, 9.17) is 23.3 Å². The minimum Gasteiger partial charge on any atom is -0.461 e. The zero-order valence-corrected chi connectivity index (χ0v) is 49.5. The van der Waals surface area contributed by atoms with Gasteiger partial charge in [0.1, 0.15) is 12.7 Å². The maximum Gasteiger partial charge on any atom is 0.472 e. The number of allylic oxidation sites excluding steroid dienone is 23. The molecule has 0 radical (unpaired) electrons. The minimum atomic E-state index is -4.79. The van der Waals surface area contributed by atoms with E-state index in [1.165, 1.54) is 6.42 Å². The van der Waals surface area contributed by atoms with E-state index < -0.39 is 64.4 Å². The van der Waals surface area contributed by atoms with Crippen molar-refractivity contribution < 1.29 is 52.2 Å². The lowest BCUT2D eigenvalue weighted by molar-refractivity contribution is -0.161. The van der Waals surface area contributed by atoms with Crippen LogP contribution in [0.5, 0.6) is 0 Å². The summed E-state index contributed by atoms with van der Waals surface area (Å²) in [5.41, 5.74) is 0. The summed E-state index contributed by atoms with van der Waals surface area (Å²) in [7, 11) is -4.79. The Labute approximate surface area is 473 Å². The first-order valence-corrected chi connectivity index (χ1v) is 31.2. The van der Waals surface area contributed by atoms with Gasteiger partial charge in [0.15, 0.2) is 6.10 Å². The maximum atomic E-state index is 12.9. The highest BCUT2D eigenvalue weighted by molar-refractivity contribution is 7.47. The molecule has 3 atom stereocenters. The summed E-state index contributed by atoms with van der Waals surface area (Å²) < 4.78 is 39.4. The van der Waals surface area contributed by atoms with Gasteiger partial charge in [-0.25, -0.2) is 4.57 Å². The fraction of sp³-hybridized carbons (Fsp3) is 0.591. The van der Waals surface area contributed by atoms with Gasteiger partial charge in [-0.05, 0) is 116 Å². The van der Waals surface area contributed by atoms with Gasteiger partial charge in [-0.1, -0.05) is 224 Å². The van der Waals surface area contributed by atoms with E-state index in [0.717, 1.165) is 148 Å². The summed E-state index contributed by atoms with van der Waals surface area (Å²) in [6, 6.07) is 0. The van der Waals surface area contributed by atoms with Crippen molar-refractivity contribution in [3.63, 3.8) is 0 Å². The van der Waals surface area contributed by atoms with Gasteiger partial charge in [0.2, 0.25) is 0 Å². The van der Waals surface area contributed by atoms with Gasteiger partial charge >= 0.3 is 25.7 Å². The molecule has 0 fully saturated rings. The van der Waals surface area contributed by atoms with Crippen molar-refractivity contribution in [1.29, 1.82) is 0 Å². The lowest BCUT2D eigenvalue weighted by atomic mass is 10.1. The Bertz CT molecular complexity index is 1860. The van der Waals surface area contributed by atoms with Crippen LogP contribution in [0.1, 0.15) is 213 Å². The molecule has 0 bridgehead atoms. The first kappa shape index (κ1) is 73.4. The normalized spacial score (nSPS) is 14.4. The van der Waals surface area contributed by atoms with Crippen molar-refractivity contribution in [3.8, 4) is 0 Å². The number of hydrogen-bond acceptors (Lipinski definition) is 10. The summed E-state index contributed by atoms with van der Waals surface area (Å²) in [6.45, 7) is 4.15. The number of ether oxygens (including phenoxy) is 3. The second kappa shape index (κ2) is 58.5. The zero-order chi connectivity index (χ0) is 56.9. The largest absolute Gasteiger partial charge is 0.472 e. The monoisotopic (exact) mass is 1100 g/mol. The Balaban J connectivity index is 4.85. The summed E-state index contributed by atoms with van der Waals surface area (Å²) in [5, 5.41) is 9.83. The molecule has 440 valence electrons. The Kier molecular flexibility index (Phi) is 55.0.